The largest absolute Gasteiger partial charge is 0.481 e. The van der Waals surface area contributed by atoms with E-state index in [0.717, 1.165) is 51.4 Å². The molecule has 4 heteroatoms. The van der Waals surface area contributed by atoms with Gasteiger partial charge in [0.2, 0.25) is 0 Å². The van der Waals surface area contributed by atoms with Gasteiger partial charge in [0.05, 0.1) is 12.2 Å². The summed E-state index contributed by atoms with van der Waals surface area (Å²) < 4.78 is 0. The van der Waals surface area contributed by atoms with Crippen molar-refractivity contribution in [1.29, 1.82) is 0 Å². The molecular formula is C23H38O4. The van der Waals surface area contributed by atoms with E-state index in [1.807, 2.05) is 6.08 Å². The van der Waals surface area contributed by atoms with Gasteiger partial charge in [-0.2, -0.15) is 0 Å². The fourth-order valence-electron chi connectivity index (χ4n) is 5.07. The lowest BCUT2D eigenvalue weighted by atomic mass is 9.89. The van der Waals surface area contributed by atoms with Crippen LogP contribution in [0.5, 0.6) is 0 Å². The van der Waals surface area contributed by atoms with Gasteiger partial charge in [0.25, 0.3) is 0 Å². The Morgan fingerprint density at radius 3 is 2.74 bits per heavy atom. The van der Waals surface area contributed by atoms with Crippen LogP contribution in [0, 0.1) is 23.7 Å². The van der Waals surface area contributed by atoms with Crippen LogP contribution in [0.2, 0.25) is 0 Å². The van der Waals surface area contributed by atoms with Crippen molar-refractivity contribution in [2.75, 3.05) is 0 Å². The van der Waals surface area contributed by atoms with Crippen molar-refractivity contribution in [2.45, 2.75) is 90.3 Å². The molecule has 1 unspecified atom stereocenters. The third-order valence-electron chi connectivity index (χ3n) is 6.54. The highest BCUT2D eigenvalue weighted by Gasteiger charge is 2.44. The van der Waals surface area contributed by atoms with Crippen LogP contribution in [-0.4, -0.2) is 33.5 Å². The summed E-state index contributed by atoms with van der Waals surface area (Å²) in [6, 6.07) is 0. The lowest BCUT2D eigenvalue weighted by Gasteiger charge is -2.19. The van der Waals surface area contributed by atoms with Gasteiger partial charge in [0.1, 0.15) is 0 Å². The van der Waals surface area contributed by atoms with E-state index in [-0.39, 0.29) is 18.4 Å². The Morgan fingerprint density at radius 2 is 2.07 bits per heavy atom. The average molecular weight is 379 g/mol. The molecule has 0 bridgehead atoms. The van der Waals surface area contributed by atoms with Gasteiger partial charge in [-0.3, -0.25) is 4.79 Å². The summed E-state index contributed by atoms with van der Waals surface area (Å²) in [4.78, 5) is 10.6. The van der Waals surface area contributed by atoms with Crippen molar-refractivity contribution >= 4 is 5.97 Å². The topological polar surface area (TPSA) is 77.8 Å². The first-order chi connectivity index (χ1) is 12.9. The van der Waals surface area contributed by atoms with Crippen molar-refractivity contribution in [3.63, 3.8) is 0 Å². The van der Waals surface area contributed by atoms with E-state index in [1.54, 1.807) is 0 Å². The Hall–Kier alpha value is -1.13. The third-order valence-corrected chi connectivity index (χ3v) is 6.54. The van der Waals surface area contributed by atoms with Crippen LogP contribution in [-0.2, 0) is 4.79 Å². The molecule has 0 radical (unpaired) electrons. The number of aliphatic hydroxyl groups is 2. The highest BCUT2D eigenvalue weighted by atomic mass is 16.4. The molecule has 2 fully saturated rings. The normalized spacial score (nSPS) is 31.5. The molecular weight excluding hydrogens is 340 g/mol. The zero-order chi connectivity index (χ0) is 19.8. The molecule has 2 aliphatic rings. The molecule has 0 aromatic rings. The van der Waals surface area contributed by atoms with E-state index in [0.29, 0.717) is 24.2 Å². The van der Waals surface area contributed by atoms with Crippen molar-refractivity contribution in [1.82, 2.24) is 0 Å². The van der Waals surface area contributed by atoms with Gasteiger partial charge >= 0.3 is 5.97 Å². The number of fused-ring (bicyclic) bond motifs is 1. The summed E-state index contributed by atoms with van der Waals surface area (Å²) in [5.41, 5.74) is 1.43. The summed E-state index contributed by atoms with van der Waals surface area (Å²) in [5.74, 6) is 0.976. The monoisotopic (exact) mass is 378 g/mol. The summed E-state index contributed by atoms with van der Waals surface area (Å²) in [5, 5.41) is 29.6. The molecule has 27 heavy (non-hydrogen) atoms. The number of carboxylic acid groups (broad SMARTS) is 1. The second kappa shape index (κ2) is 11.0. The molecule has 0 saturated heterocycles. The molecule has 0 heterocycles. The van der Waals surface area contributed by atoms with E-state index in [9.17, 15) is 15.0 Å². The number of rotatable bonds is 11. The number of hydrogen-bond donors (Lipinski definition) is 3. The number of hydrogen-bond acceptors (Lipinski definition) is 3. The molecule has 0 amide bonds. The molecule has 3 N–H and O–H groups in total. The second-order valence-electron chi connectivity index (χ2n) is 8.61. The minimum atomic E-state index is -0.729. The smallest absolute Gasteiger partial charge is 0.303 e. The quantitative estimate of drug-likeness (QED) is 0.359. The summed E-state index contributed by atoms with van der Waals surface area (Å²) >= 11 is 0. The Kier molecular flexibility index (Phi) is 9.04. The Balaban J connectivity index is 1.86. The van der Waals surface area contributed by atoms with Gasteiger partial charge < -0.3 is 15.3 Å². The molecule has 2 aliphatic carbocycles. The maximum absolute atomic E-state index is 10.6. The molecule has 2 saturated carbocycles. The number of unbranched alkanes of at least 4 members (excludes halogenated alkanes) is 1. The Bertz CT molecular complexity index is 524. The van der Waals surface area contributed by atoms with Crippen LogP contribution in [0.4, 0.5) is 0 Å². The zero-order valence-electron chi connectivity index (χ0n) is 17.0. The van der Waals surface area contributed by atoms with Crippen LogP contribution < -0.4 is 0 Å². The SMILES string of the molecule is CCCC(CC)C[C@@H](O)/C=C/[C@@H]1[C@H]2C/C(=C/CCCC(=O)O)C[C@@H]2C[C@H]1O. The van der Waals surface area contributed by atoms with Crippen LogP contribution in [0.15, 0.2) is 23.8 Å². The van der Waals surface area contributed by atoms with Gasteiger partial charge in [0.15, 0.2) is 0 Å². The molecule has 0 aromatic heterocycles. The van der Waals surface area contributed by atoms with Crippen LogP contribution in [0.1, 0.15) is 78.1 Å². The number of allylic oxidation sites excluding steroid dienone is 2. The lowest BCUT2D eigenvalue weighted by Crippen LogP contribution is -2.18. The molecule has 0 aromatic carbocycles. The number of aliphatic hydroxyl groups excluding tert-OH is 2. The number of carboxylic acids is 1. The minimum Gasteiger partial charge on any atom is -0.481 e. The molecule has 0 aliphatic heterocycles. The summed E-state index contributed by atoms with van der Waals surface area (Å²) in [7, 11) is 0. The van der Waals surface area contributed by atoms with E-state index in [4.69, 9.17) is 5.11 Å². The molecule has 4 nitrogen and oxygen atoms in total. The highest BCUT2D eigenvalue weighted by Crippen LogP contribution is 2.50. The van der Waals surface area contributed by atoms with Crippen LogP contribution in [0.25, 0.3) is 0 Å². The first-order valence-corrected chi connectivity index (χ1v) is 10.9. The van der Waals surface area contributed by atoms with E-state index >= 15 is 0 Å². The maximum atomic E-state index is 10.6. The standard InChI is InChI=1S/C23H38O4/c1-3-7-16(4-2)13-19(24)10-11-20-21-14-17(8-5-6-9-23(26)27)12-18(21)15-22(20)25/h8,10-11,16,18-22,24-25H,3-7,9,12-15H2,1-2H3,(H,26,27)/b11-10+,17-8+/t16?,18-,19+,20-,21+,22-/m1/s1. The van der Waals surface area contributed by atoms with Gasteiger partial charge in [-0.25, -0.2) is 0 Å². The molecule has 154 valence electrons. The number of aliphatic carboxylic acids is 1. The van der Waals surface area contributed by atoms with Crippen molar-refractivity contribution in [2.24, 2.45) is 23.7 Å². The van der Waals surface area contributed by atoms with E-state index in [1.165, 1.54) is 5.57 Å². The van der Waals surface area contributed by atoms with Crippen molar-refractivity contribution in [3.8, 4) is 0 Å². The van der Waals surface area contributed by atoms with Crippen LogP contribution >= 0.6 is 0 Å². The van der Waals surface area contributed by atoms with E-state index < -0.39 is 12.1 Å². The second-order valence-corrected chi connectivity index (χ2v) is 8.61. The van der Waals surface area contributed by atoms with Gasteiger partial charge in [0, 0.05) is 12.3 Å². The fraction of sp³-hybridized carbons (Fsp3) is 0.783. The predicted octanol–water partition coefficient (Wildman–Crippen LogP) is 4.71. The van der Waals surface area contributed by atoms with Gasteiger partial charge in [-0.05, 0) is 56.3 Å². The van der Waals surface area contributed by atoms with Crippen molar-refractivity contribution in [3.05, 3.63) is 23.8 Å². The first kappa shape index (κ1) is 22.2. The Labute approximate surface area is 164 Å². The average Bonchev–Trinajstić information content (AvgIpc) is 3.13. The highest BCUT2D eigenvalue weighted by molar-refractivity contribution is 5.66. The molecule has 6 atom stereocenters. The zero-order valence-corrected chi connectivity index (χ0v) is 17.0. The van der Waals surface area contributed by atoms with Crippen molar-refractivity contribution < 1.29 is 20.1 Å². The third kappa shape index (κ3) is 6.76. The summed E-state index contributed by atoms with van der Waals surface area (Å²) in [6.45, 7) is 4.37. The molecule has 2 rings (SSSR count). The number of carbonyl (C=O) groups is 1. The maximum Gasteiger partial charge on any atom is 0.303 e. The Morgan fingerprint density at radius 1 is 1.30 bits per heavy atom. The van der Waals surface area contributed by atoms with E-state index in [2.05, 4.69) is 26.0 Å². The minimum absolute atomic E-state index is 0.140. The lowest BCUT2D eigenvalue weighted by molar-refractivity contribution is -0.137. The molecule has 0 spiro atoms. The summed E-state index contributed by atoms with van der Waals surface area (Å²) in [6.07, 6.45) is 14.4. The van der Waals surface area contributed by atoms with Gasteiger partial charge in [-0.15, -0.1) is 0 Å². The van der Waals surface area contributed by atoms with Gasteiger partial charge in [-0.1, -0.05) is 56.9 Å². The van der Waals surface area contributed by atoms with Crippen LogP contribution in [0.3, 0.4) is 0 Å². The predicted molar refractivity (Wildman–Crippen MR) is 108 cm³/mol. The fourth-order valence-corrected chi connectivity index (χ4v) is 5.07. The first-order valence-electron chi connectivity index (χ1n) is 10.9.